The SMILES string of the molecule is CCCOc1cc(N(C)C(C)C)ccc1N. The highest BCUT2D eigenvalue weighted by molar-refractivity contribution is 5.62. The average Bonchev–Trinajstić information content (AvgIpc) is 2.27. The Labute approximate surface area is 98.2 Å². The normalized spacial score (nSPS) is 10.6. The molecular formula is C13H22N2O. The molecule has 90 valence electrons. The Hall–Kier alpha value is -1.38. The predicted octanol–water partition coefficient (Wildman–Crippen LogP) is 2.90. The minimum atomic E-state index is 0.461. The first-order chi connectivity index (χ1) is 7.56. The van der Waals surface area contributed by atoms with Crippen molar-refractivity contribution in [1.29, 1.82) is 0 Å². The third kappa shape index (κ3) is 3.05. The molecule has 0 fully saturated rings. The van der Waals surface area contributed by atoms with Gasteiger partial charge in [0.2, 0.25) is 0 Å². The number of ether oxygens (including phenoxy) is 1. The topological polar surface area (TPSA) is 38.5 Å². The van der Waals surface area contributed by atoms with Gasteiger partial charge in [-0.3, -0.25) is 0 Å². The number of benzene rings is 1. The minimum absolute atomic E-state index is 0.461. The molecule has 0 heterocycles. The van der Waals surface area contributed by atoms with Gasteiger partial charge in [-0.1, -0.05) is 6.92 Å². The first-order valence-corrected chi connectivity index (χ1v) is 5.81. The molecule has 0 unspecified atom stereocenters. The molecule has 0 radical (unpaired) electrons. The summed E-state index contributed by atoms with van der Waals surface area (Å²) < 4.78 is 5.60. The van der Waals surface area contributed by atoms with E-state index in [1.165, 1.54) is 0 Å². The lowest BCUT2D eigenvalue weighted by Crippen LogP contribution is -2.25. The van der Waals surface area contributed by atoms with Crippen molar-refractivity contribution in [2.75, 3.05) is 24.3 Å². The molecule has 1 aromatic rings. The lowest BCUT2D eigenvalue weighted by atomic mass is 10.2. The summed E-state index contributed by atoms with van der Waals surface area (Å²) in [7, 11) is 2.07. The van der Waals surface area contributed by atoms with Gasteiger partial charge in [0.05, 0.1) is 12.3 Å². The highest BCUT2D eigenvalue weighted by Gasteiger charge is 2.08. The van der Waals surface area contributed by atoms with Gasteiger partial charge in [-0.15, -0.1) is 0 Å². The molecule has 16 heavy (non-hydrogen) atoms. The van der Waals surface area contributed by atoms with Crippen LogP contribution in [0.5, 0.6) is 5.75 Å². The summed E-state index contributed by atoms with van der Waals surface area (Å²) in [6, 6.07) is 6.39. The van der Waals surface area contributed by atoms with Gasteiger partial charge in [0.25, 0.3) is 0 Å². The molecule has 0 aromatic heterocycles. The quantitative estimate of drug-likeness (QED) is 0.778. The summed E-state index contributed by atoms with van der Waals surface area (Å²) in [4.78, 5) is 2.19. The fourth-order valence-electron chi connectivity index (χ4n) is 1.38. The molecule has 3 heteroatoms. The van der Waals surface area contributed by atoms with E-state index in [-0.39, 0.29) is 0 Å². The lowest BCUT2D eigenvalue weighted by molar-refractivity contribution is 0.319. The molecule has 0 amide bonds. The highest BCUT2D eigenvalue weighted by Crippen LogP contribution is 2.28. The number of anilines is 2. The summed E-state index contributed by atoms with van der Waals surface area (Å²) in [5.41, 5.74) is 7.70. The highest BCUT2D eigenvalue weighted by atomic mass is 16.5. The second kappa shape index (κ2) is 5.64. The Kier molecular flexibility index (Phi) is 4.47. The summed E-state index contributed by atoms with van der Waals surface area (Å²) in [6.07, 6.45) is 0.990. The Morgan fingerprint density at radius 3 is 2.62 bits per heavy atom. The summed E-state index contributed by atoms with van der Waals surface area (Å²) in [6.45, 7) is 7.10. The van der Waals surface area contributed by atoms with E-state index >= 15 is 0 Å². The van der Waals surface area contributed by atoms with E-state index in [0.29, 0.717) is 18.3 Å². The first kappa shape index (κ1) is 12.7. The maximum atomic E-state index is 5.86. The van der Waals surface area contributed by atoms with E-state index in [4.69, 9.17) is 10.5 Å². The van der Waals surface area contributed by atoms with Gasteiger partial charge in [0.1, 0.15) is 5.75 Å². The van der Waals surface area contributed by atoms with Crippen molar-refractivity contribution in [2.24, 2.45) is 0 Å². The first-order valence-electron chi connectivity index (χ1n) is 5.81. The molecule has 1 rings (SSSR count). The van der Waals surface area contributed by atoms with Crippen molar-refractivity contribution < 1.29 is 4.74 Å². The second-order valence-corrected chi connectivity index (χ2v) is 4.28. The molecule has 0 spiro atoms. The van der Waals surface area contributed by atoms with Crippen LogP contribution in [0.25, 0.3) is 0 Å². The third-order valence-electron chi connectivity index (χ3n) is 2.64. The van der Waals surface area contributed by atoms with Crippen LogP contribution in [-0.2, 0) is 0 Å². The number of nitrogens with zero attached hydrogens (tertiary/aromatic N) is 1. The summed E-state index contributed by atoms with van der Waals surface area (Å²) >= 11 is 0. The third-order valence-corrected chi connectivity index (χ3v) is 2.64. The zero-order valence-corrected chi connectivity index (χ0v) is 10.7. The monoisotopic (exact) mass is 222 g/mol. The Morgan fingerprint density at radius 2 is 2.06 bits per heavy atom. The average molecular weight is 222 g/mol. The summed E-state index contributed by atoms with van der Waals surface area (Å²) in [5.74, 6) is 0.784. The molecule has 0 bridgehead atoms. The van der Waals surface area contributed by atoms with E-state index in [1.54, 1.807) is 0 Å². The van der Waals surface area contributed by atoms with Crippen LogP contribution in [0.4, 0.5) is 11.4 Å². The summed E-state index contributed by atoms with van der Waals surface area (Å²) in [5, 5.41) is 0. The fraction of sp³-hybridized carbons (Fsp3) is 0.538. The molecule has 1 aromatic carbocycles. The van der Waals surface area contributed by atoms with Gasteiger partial charge in [0.15, 0.2) is 0 Å². The van der Waals surface area contributed by atoms with Crippen LogP contribution in [0.2, 0.25) is 0 Å². The molecule has 0 aliphatic heterocycles. The van der Waals surface area contributed by atoms with Crippen LogP contribution in [0.15, 0.2) is 18.2 Å². The van der Waals surface area contributed by atoms with E-state index in [0.717, 1.165) is 17.9 Å². The number of nitrogen functional groups attached to an aromatic ring is 1. The fourth-order valence-corrected chi connectivity index (χ4v) is 1.38. The van der Waals surface area contributed by atoms with Gasteiger partial charge in [-0.25, -0.2) is 0 Å². The molecular weight excluding hydrogens is 200 g/mol. The van der Waals surface area contributed by atoms with Gasteiger partial charge in [0, 0.05) is 24.8 Å². The van der Waals surface area contributed by atoms with Crippen LogP contribution < -0.4 is 15.4 Å². The zero-order valence-electron chi connectivity index (χ0n) is 10.7. The van der Waals surface area contributed by atoms with Gasteiger partial charge >= 0.3 is 0 Å². The maximum Gasteiger partial charge on any atom is 0.144 e. The van der Waals surface area contributed by atoms with Crippen LogP contribution in [-0.4, -0.2) is 19.7 Å². The molecule has 0 saturated carbocycles. The van der Waals surface area contributed by atoms with E-state index in [9.17, 15) is 0 Å². The second-order valence-electron chi connectivity index (χ2n) is 4.28. The molecule has 0 aliphatic carbocycles. The van der Waals surface area contributed by atoms with Crippen molar-refractivity contribution in [1.82, 2.24) is 0 Å². The smallest absolute Gasteiger partial charge is 0.144 e. The largest absolute Gasteiger partial charge is 0.491 e. The van der Waals surface area contributed by atoms with Gasteiger partial charge < -0.3 is 15.4 Å². The van der Waals surface area contributed by atoms with E-state index < -0.39 is 0 Å². The van der Waals surface area contributed by atoms with Crippen LogP contribution in [0.3, 0.4) is 0 Å². The van der Waals surface area contributed by atoms with Crippen molar-refractivity contribution in [3.63, 3.8) is 0 Å². The standard InChI is InChI=1S/C13H22N2O/c1-5-8-16-13-9-11(6-7-12(13)14)15(4)10(2)3/h6-7,9-10H,5,8,14H2,1-4H3. The van der Waals surface area contributed by atoms with Gasteiger partial charge in [-0.2, -0.15) is 0 Å². The Bertz CT molecular complexity index is 337. The molecule has 3 nitrogen and oxygen atoms in total. The molecule has 2 N–H and O–H groups in total. The van der Waals surface area contributed by atoms with Crippen molar-refractivity contribution in [2.45, 2.75) is 33.2 Å². The molecule has 0 saturated heterocycles. The maximum absolute atomic E-state index is 5.86. The Balaban J connectivity index is 2.88. The predicted molar refractivity (Wildman–Crippen MR) is 70.2 cm³/mol. The number of rotatable bonds is 5. The number of nitrogens with two attached hydrogens (primary N) is 1. The van der Waals surface area contributed by atoms with Crippen molar-refractivity contribution >= 4 is 11.4 Å². The number of hydrogen-bond acceptors (Lipinski definition) is 3. The number of hydrogen-bond donors (Lipinski definition) is 1. The Morgan fingerprint density at radius 1 is 1.38 bits per heavy atom. The zero-order chi connectivity index (χ0) is 12.1. The van der Waals surface area contributed by atoms with Crippen LogP contribution >= 0.6 is 0 Å². The van der Waals surface area contributed by atoms with Crippen molar-refractivity contribution in [3.05, 3.63) is 18.2 Å². The van der Waals surface area contributed by atoms with E-state index in [1.807, 2.05) is 18.2 Å². The van der Waals surface area contributed by atoms with Crippen LogP contribution in [0, 0.1) is 0 Å². The lowest BCUT2D eigenvalue weighted by Gasteiger charge is -2.24. The van der Waals surface area contributed by atoms with Crippen molar-refractivity contribution in [3.8, 4) is 5.75 Å². The minimum Gasteiger partial charge on any atom is -0.491 e. The van der Waals surface area contributed by atoms with Crippen LogP contribution in [0.1, 0.15) is 27.2 Å². The van der Waals surface area contributed by atoms with E-state index in [2.05, 4.69) is 32.7 Å². The van der Waals surface area contributed by atoms with Gasteiger partial charge in [-0.05, 0) is 32.4 Å². The molecule has 0 atom stereocenters. The molecule has 0 aliphatic rings.